The summed E-state index contributed by atoms with van der Waals surface area (Å²) in [4.78, 5) is 25.5. The lowest BCUT2D eigenvalue weighted by atomic mass is 10.1. The molecule has 6 nitrogen and oxygen atoms in total. The molecule has 0 radical (unpaired) electrons. The number of hydrazone groups is 1. The number of hydrogen-bond donors (Lipinski definition) is 3. The maximum Gasteiger partial charge on any atom is 0.273 e. The number of thioether (sulfide) groups is 1. The Morgan fingerprint density at radius 2 is 1.85 bits per heavy atom. The van der Waals surface area contributed by atoms with Crippen LogP contribution in [0.4, 0.5) is 5.69 Å². The highest BCUT2D eigenvalue weighted by Gasteiger charge is 2.15. The average molecular weight is 526 g/mol. The third-order valence-electron chi connectivity index (χ3n) is 4.62. The quantitative estimate of drug-likeness (QED) is 0.208. The second-order valence-electron chi connectivity index (χ2n) is 7.23. The van der Waals surface area contributed by atoms with Crippen LogP contribution in [0.2, 0.25) is 0 Å². The van der Waals surface area contributed by atoms with Gasteiger partial charge in [-0.1, -0.05) is 57.9 Å². The second-order valence-corrected chi connectivity index (χ2v) is 9.25. The lowest BCUT2D eigenvalue weighted by molar-refractivity contribution is 0.0956. The van der Waals surface area contributed by atoms with Crippen LogP contribution in [0.5, 0.6) is 0 Å². The fraction of sp³-hybridized carbons (Fsp3) is 0.160. The minimum absolute atomic E-state index is 0.144. The van der Waals surface area contributed by atoms with E-state index in [1.807, 2.05) is 43.3 Å². The van der Waals surface area contributed by atoms with Crippen LogP contribution >= 0.6 is 27.7 Å². The molecule has 0 aliphatic rings. The second kappa shape index (κ2) is 12.3. The smallest absolute Gasteiger partial charge is 0.273 e. The number of carbonyl (C=O) groups excluding carboxylic acids is 2. The molecule has 0 atom stereocenters. The summed E-state index contributed by atoms with van der Waals surface area (Å²) < 4.78 is 0.707. The van der Waals surface area contributed by atoms with Crippen LogP contribution in [0.3, 0.4) is 0 Å². The van der Waals surface area contributed by atoms with Gasteiger partial charge in [-0.25, -0.2) is 5.43 Å². The van der Waals surface area contributed by atoms with E-state index in [-0.39, 0.29) is 18.1 Å². The Balaban J connectivity index is 1.68. The molecule has 170 valence electrons. The molecule has 3 N–H and O–H groups in total. The average Bonchev–Trinajstić information content (AvgIpc) is 2.81. The van der Waals surface area contributed by atoms with E-state index in [0.717, 1.165) is 22.4 Å². The van der Waals surface area contributed by atoms with Gasteiger partial charge < -0.3 is 10.4 Å². The van der Waals surface area contributed by atoms with Gasteiger partial charge in [-0.3, -0.25) is 9.59 Å². The van der Waals surface area contributed by atoms with E-state index in [4.69, 9.17) is 5.11 Å². The number of anilines is 1. The zero-order valence-corrected chi connectivity index (χ0v) is 20.4. The number of aryl methyl sites for hydroxylation is 1. The van der Waals surface area contributed by atoms with Crippen molar-refractivity contribution in [2.45, 2.75) is 12.7 Å². The van der Waals surface area contributed by atoms with Gasteiger partial charge in [0.1, 0.15) is 0 Å². The highest BCUT2D eigenvalue weighted by Crippen LogP contribution is 2.22. The van der Waals surface area contributed by atoms with Gasteiger partial charge in [0.15, 0.2) is 0 Å². The minimum Gasteiger partial charge on any atom is -0.396 e. The molecule has 33 heavy (non-hydrogen) atoms. The van der Waals surface area contributed by atoms with Crippen LogP contribution in [0.15, 0.2) is 76.3 Å². The summed E-state index contributed by atoms with van der Waals surface area (Å²) in [6.45, 7) is 2.13. The number of nitrogens with zero attached hydrogens (tertiary/aromatic N) is 1. The van der Waals surface area contributed by atoms with Gasteiger partial charge in [-0.2, -0.15) is 16.9 Å². The molecule has 0 fully saturated rings. The molecule has 3 aromatic carbocycles. The third kappa shape index (κ3) is 7.56. The van der Waals surface area contributed by atoms with Crippen molar-refractivity contribution in [3.63, 3.8) is 0 Å². The van der Waals surface area contributed by atoms with E-state index in [1.165, 1.54) is 0 Å². The monoisotopic (exact) mass is 525 g/mol. The molecule has 0 aliphatic heterocycles. The fourth-order valence-electron chi connectivity index (χ4n) is 2.99. The van der Waals surface area contributed by atoms with E-state index in [2.05, 4.69) is 31.8 Å². The highest BCUT2D eigenvalue weighted by molar-refractivity contribution is 9.10. The van der Waals surface area contributed by atoms with Crippen molar-refractivity contribution in [3.8, 4) is 0 Å². The van der Waals surface area contributed by atoms with Crippen molar-refractivity contribution >= 4 is 51.4 Å². The van der Waals surface area contributed by atoms with Crippen LogP contribution in [0.1, 0.15) is 37.4 Å². The first-order chi connectivity index (χ1) is 16.0. The van der Waals surface area contributed by atoms with Crippen molar-refractivity contribution in [1.29, 1.82) is 0 Å². The normalized spacial score (nSPS) is 10.9. The van der Waals surface area contributed by atoms with Crippen molar-refractivity contribution in [1.82, 2.24) is 5.43 Å². The van der Waals surface area contributed by atoms with Crippen LogP contribution in [0, 0.1) is 6.92 Å². The molecule has 0 spiro atoms. The predicted molar refractivity (Wildman–Crippen MR) is 138 cm³/mol. The number of aliphatic hydroxyl groups is 1. The van der Waals surface area contributed by atoms with Crippen LogP contribution in [0.25, 0.3) is 0 Å². The standard InChI is InChI=1S/C25H24BrN3O3S/c1-17-3-2-4-19(13-17)15-27-29-25(32)22-14-21(26)9-10-23(22)28-24(31)20-7-5-18(6-8-20)16-33-12-11-30/h2-10,13-15,30H,11-12,16H2,1H3,(H,28,31)(H,29,32). The predicted octanol–water partition coefficient (Wildman–Crippen LogP) is 5.00. The Morgan fingerprint density at radius 1 is 1.06 bits per heavy atom. The summed E-state index contributed by atoms with van der Waals surface area (Å²) >= 11 is 5.00. The van der Waals surface area contributed by atoms with Gasteiger partial charge in [0, 0.05) is 21.5 Å². The van der Waals surface area contributed by atoms with E-state index < -0.39 is 5.91 Å². The summed E-state index contributed by atoms with van der Waals surface area (Å²) in [6, 6.07) is 20.1. The largest absolute Gasteiger partial charge is 0.396 e. The van der Waals surface area contributed by atoms with Gasteiger partial charge in [-0.15, -0.1) is 0 Å². The van der Waals surface area contributed by atoms with Gasteiger partial charge in [0.2, 0.25) is 0 Å². The maximum atomic E-state index is 12.8. The molecule has 0 saturated heterocycles. The van der Waals surface area contributed by atoms with Crippen LogP contribution in [-0.2, 0) is 5.75 Å². The molecule has 0 unspecified atom stereocenters. The number of halogens is 1. The van der Waals surface area contributed by atoms with E-state index >= 15 is 0 Å². The lowest BCUT2D eigenvalue weighted by Gasteiger charge is -2.11. The Hall–Kier alpha value is -2.94. The molecule has 0 saturated carbocycles. The van der Waals surface area contributed by atoms with Gasteiger partial charge >= 0.3 is 0 Å². The fourth-order valence-corrected chi connectivity index (χ4v) is 4.05. The topological polar surface area (TPSA) is 90.8 Å². The molecular weight excluding hydrogens is 502 g/mol. The first kappa shape index (κ1) is 24.7. The Morgan fingerprint density at radius 3 is 2.58 bits per heavy atom. The summed E-state index contributed by atoms with van der Waals surface area (Å²) in [5.41, 5.74) is 6.71. The number of benzene rings is 3. The van der Waals surface area contributed by atoms with E-state index in [0.29, 0.717) is 21.5 Å². The first-order valence-corrected chi connectivity index (χ1v) is 12.2. The van der Waals surface area contributed by atoms with E-state index in [1.54, 1.807) is 48.3 Å². The number of aliphatic hydroxyl groups excluding tert-OH is 1. The molecule has 8 heteroatoms. The Kier molecular flexibility index (Phi) is 9.24. The molecule has 0 heterocycles. The van der Waals surface area contributed by atoms with E-state index in [9.17, 15) is 9.59 Å². The maximum absolute atomic E-state index is 12.8. The summed E-state index contributed by atoms with van der Waals surface area (Å²) in [7, 11) is 0. The number of amides is 2. The highest BCUT2D eigenvalue weighted by atomic mass is 79.9. The van der Waals surface area contributed by atoms with Gasteiger partial charge in [0.25, 0.3) is 11.8 Å². The summed E-state index contributed by atoms with van der Waals surface area (Å²) in [5.74, 6) is 0.685. The zero-order valence-electron chi connectivity index (χ0n) is 18.0. The van der Waals surface area contributed by atoms with Crippen LogP contribution in [-0.4, -0.2) is 35.5 Å². The zero-order chi connectivity index (χ0) is 23.6. The first-order valence-electron chi connectivity index (χ1n) is 10.2. The Labute approximate surface area is 205 Å². The molecule has 0 bridgehead atoms. The molecule has 0 aliphatic carbocycles. The molecule has 3 aromatic rings. The number of hydrogen-bond acceptors (Lipinski definition) is 5. The summed E-state index contributed by atoms with van der Waals surface area (Å²) in [6.07, 6.45) is 1.57. The third-order valence-corrected chi connectivity index (χ3v) is 6.12. The number of nitrogens with one attached hydrogen (secondary N) is 2. The lowest BCUT2D eigenvalue weighted by Crippen LogP contribution is -2.21. The van der Waals surface area contributed by atoms with Crippen molar-refractivity contribution in [2.24, 2.45) is 5.10 Å². The molecule has 3 rings (SSSR count). The SMILES string of the molecule is Cc1cccc(C=NNC(=O)c2cc(Br)ccc2NC(=O)c2ccc(CSCCO)cc2)c1. The minimum atomic E-state index is -0.438. The molecule has 0 aromatic heterocycles. The molecular formula is C25H24BrN3O3S. The van der Waals surface area contributed by atoms with Gasteiger partial charge in [-0.05, 0) is 48.4 Å². The van der Waals surface area contributed by atoms with Crippen molar-refractivity contribution < 1.29 is 14.7 Å². The van der Waals surface area contributed by atoms with Gasteiger partial charge in [0.05, 0.1) is 24.1 Å². The van der Waals surface area contributed by atoms with Crippen molar-refractivity contribution in [3.05, 3.63) is 99.0 Å². The van der Waals surface area contributed by atoms with Crippen molar-refractivity contribution in [2.75, 3.05) is 17.7 Å². The molecule has 2 amide bonds. The Bertz CT molecular complexity index is 1150. The number of rotatable bonds is 9. The summed E-state index contributed by atoms with van der Waals surface area (Å²) in [5, 5.41) is 15.7. The van der Waals surface area contributed by atoms with Crippen LogP contribution < -0.4 is 10.7 Å². The number of carbonyl (C=O) groups is 2.